The molecular formula is C14H20IN3S. The van der Waals surface area contributed by atoms with E-state index < -0.39 is 0 Å². The largest absolute Gasteiger partial charge is 0.310 e. The van der Waals surface area contributed by atoms with Gasteiger partial charge in [0.05, 0.1) is 8.58 Å². The van der Waals surface area contributed by atoms with Crippen LogP contribution in [0.5, 0.6) is 0 Å². The zero-order chi connectivity index (χ0) is 13.8. The van der Waals surface area contributed by atoms with Crippen molar-refractivity contribution in [3.63, 3.8) is 0 Å². The number of nitrogens with zero attached hydrogens (tertiary/aromatic N) is 2. The second-order valence-electron chi connectivity index (χ2n) is 4.88. The van der Waals surface area contributed by atoms with Gasteiger partial charge in [0.2, 0.25) is 0 Å². The van der Waals surface area contributed by atoms with E-state index in [0.717, 1.165) is 18.7 Å². The maximum absolute atomic E-state index is 4.64. The number of hydrogen-bond donors (Lipinski definition) is 1. The van der Waals surface area contributed by atoms with Gasteiger partial charge in [0.25, 0.3) is 0 Å². The Morgan fingerprint density at radius 2 is 2.26 bits per heavy atom. The van der Waals surface area contributed by atoms with Gasteiger partial charge in [-0.3, -0.25) is 4.68 Å². The quantitative estimate of drug-likeness (QED) is 0.757. The van der Waals surface area contributed by atoms with Gasteiger partial charge in [0.1, 0.15) is 0 Å². The molecule has 0 amide bonds. The van der Waals surface area contributed by atoms with Gasteiger partial charge >= 0.3 is 0 Å². The second kappa shape index (κ2) is 6.85. The van der Waals surface area contributed by atoms with E-state index in [1.807, 2.05) is 4.68 Å². The topological polar surface area (TPSA) is 29.9 Å². The van der Waals surface area contributed by atoms with Crippen LogP contribution in [-0.2, 0) is 6.42 Å². The number of hydrogen-bond acceptors (Lipinski definition) is 3. The van der Waals surface area contributed by atoms with Gasteiger partial charge in [0, 0.05) is 24.7 Å². The summed E-state index contributed by atoms with van der Waals surface area (Å²) in [4.78, 5) is 0. The minimum absolute atomic E-state index is 0.361. The second-order valence-corrected chi connectivity index (χ2v) is 7.68. The van der Waals surface area contributed by atoms with Crippen molar-refractivity contribution >= 4 is 33.9 Å². The molecule has 2 aromatic heterocycles. The molecule has 0 radical (unpaired) electrons. The Bertz CT molecular complexity index is 518. The summed E-state index contributed by atoms with van der Waals surface area (Å²) in [6.45, 7) is 7.43. The molecule has 0 fully saturated rings. The summed E-state index contributed by atoms with van der Waals surface area (Å²) in [5, 5.41) is 10.4. The molecule has 104 valence electrons. The maximum Gasteiger partial charge on any atom is 0.0656 e. The molecule has 1 atom stereocenters. The fourth-order valence-electron chi connectivity index (χ4n) is 2.04. The van der Waals surface area contributed by atoms with Gasteiger partial charge < -0.3 is 5.32 Å². The van der Waals surface area contributed by atoms with Gasteiger partial charge in [-0.2, -0.15) is 5.10 Å². The Kier molecular flexibility index (Phi) is 5.41. The number of thiophene rings is 1. The number of aromatic nitrogens is 2. The lowest BCUT2D eigenvalue weighted by molar-refractivity contribution is 0.507. The molecule has 2 aromatic rings. The molecule has 0 aliphatic carbocycles. The van der Waals surface area contributed by atoms with Crippen LogP contribution in [0.15, 0.2) is 23.7 Å². The first-order valence-electron chi connectivity index (χ1n) is 6.61. The van der Waals surface area contributed by atoms with Gasteiger partial charge in [-0.05, 0) is 66.1 Å². The van der Waals surface area contributed by atoms with Crippen LogP contribution in [0.2, 0.25) is 0 Å². The van der Waals surface area contributed by atoms with E-state index in [-0.39, 0.29) is 0 Å². The number of halogens is 1. The molecule has 1 unspecified atom stereocenters. The zero-order valence-electron chi connectivity index (χ0n) is 11.6. The Hall–Kier alpha value is -0.400. The molecular weight excluding hydrogens is 369 g/mol. The highest BCUT2D eigenvalue weighted by atomic mass is 127. The highest BCUT2D eigenvalue weighted by Crippen LogP contribution is 2.24. The van der Waals surface area contributed by atoms with E-state index >= 15 is 0 Å². The van der Waals surface area contributed by atoms with Crippen LogP contribution in [0.4, 0.5) is 0 Å². The highest BCUT2D eigenvalue weighted by molar-refractivity contribution is 14.1. The van der Waals surface area contributed by atoms with Crippen molar-refractivity contribution in [1.29, 1.82) is 0 Å². The lowest BCUT2D eigenvalue weighted by Crippen LogP contribution is -2.22. The fourth-order valence-corrected chi connectivity index (χ4v) is 3.47. The van der Waals surface area contributed by atoms with E-state index in [0.29, 0.717) is 12.1 Å². The smallest absolute Gasteiger partial charge is 0.0656 e. The summed E-state index contributed by atoms with van der Waals surface area (Å²) >= 11 is 4.18. The Morgan fingerprint density at radius 3 is 2.79 bits per heavy atom. The average molecular weight is 389 g/mol. The van der Waals surface area contributed by atoms with Crippen LogP contribution in [0.3, 0.4) is 0 Å². The Morgan fingerprint density at radius 1 is 1.47 bits per heavy atom. The fraction of sp³-hybridized carbons (Fsp3) is 0.500. The monoisotopic (exact) mass is 389 g/mol. The van der Waals surface area contributed by atoms with Crippen molar-refractivity contribution in [2.24, 2.45) is 0 Å². The van der Waals surface area contributed by atoms with E-state index in [1.54, 1.807) is 11.3 Å². The summed E-state index contributed by atoms with van der Waals surface area (Å²) in [6.07, 6.45) is 3.01. The predicted molar refractivity (Wildman–Crippen MR) is 89.8 cm³/mol. The van der Waals surface area contributed by atoms with Crippen LogP contribution < -0.4 is 5.32 Å². The third-order valence-corrected chi connectivity index (χ3v) is 4.85. The zero-order valence-corrected chi connectivity index (χ0v) is 14.5. The molecule has 2 heterocycles. The molecule has 3 nitrogen and oxygen atoms in total. The van der Waals surface area contributed by atoms with Crippen LogP contribution in [0.1, 0.15) is 44.1 Å². The molecule has 0 aromatic carbocycles. The first-order chi connectivity index (χ1) is 9.10. The minimum atomic E-state index is 0.361. The third kappa shape index (κ3) is 4.03. The van der Waals surface area contributed by atoms with E-state index in [2.05, 4.69) is 77.5 Å². The van der Waals surface area contributed by atoms with Crippen molar-refractivity contribution in [2.75, 3.05) is 6.54 Å². The van der Waals surface area contributed by atoms with Gasteiger partial charge in [-0.15, -0.1) is 11.3 Å². The van der Waals surface area contributed by atoms with Crippen molar-refractivity contribution < 1.29 is 0 Å². The van der Waals surface area contributed by atoms with Crippen molar-refractivity contribution in [1.82, 2.24) is 15.1 Å². The summed E-state index contributed by atoms with van der Waals surface area (Å²) in [6, 6.07) is 5.17. The normalized spacial score (nSPS) is 13.1. The minimum Gasteiger partial charge on any atom is -0.310 e. The summed E-state index contributed by atoms with van der Waals surface area (Å²) < 4.78 is 3.36. The van der Waals surface area contributed by atoms with E-state index in [1.165, 1.54) is 8.45 Å². The summed E-state index contributed by atoms with van der Waals surface area (Å²) in [5.74, 6) is 0. The molecule has 5 heteroatoms. The van der Waals surface area contributed by atoms with Crippen LogP contribution >= 0.6 is 33.9 Å². The first kappa shape index (κ1) is 15.0. The standard InChI is InChI=1S/C14H20IN3S/c1-4-16-13(11-7-14(15)19-9-11)8-12-5-6-18(17-12)10(2)3/h5-7,9-10,13,16H,4,8H2,1-3H3. The van der Waals surface area contributed by atoms with E-state index in [9.17, 15) is 0 Å². The molecule has 2 rings (SSSR count). The van der Waals surface area contributed by atoms with Gasteiger partial charge in [-0.25, -0.2) is 0 Å². The molecule has 0 aliphatic heterocycles. The molecule has 19 heavy (non-hydrogen) atoms. The summed E-state index contributed by atoms with van der Waals surface area (Å²) in [7, 11) is 0. The molecule has 0 bridgehead atoms. The lowest BCUT2D eigenvalue weighted by Gasteiger charge is -2.15. The van der Waals surface area contributed by atoms with Crippen molar-refractivity contribution in [3.8, 4) is 0 Å². The number of likely N-dealkylation sites (N-methyl/N-ethyl adjacent to an activating group) is 1. The van der Waals surface area contributed by atoms with Crippen LogP contribution in [-0.4, -0.2) is 16.3 Å². The highest BCUT2D eigenvalue weighted by Gasteiger charge is 2.14. The Labute approximate surface area is 132 Å². The summed E-state index contributed by atoms with van der Waals surface area (Å²) in [5.41, 5.74) is 2.52. The predicted octanol–water partition coefficient (Wildman–Crippen LogP) is 4.02. The number of nitrogens with one attached hydrogen (secondary N) is 1. The molecule has 0 saturated heterocycles. The third-order valence-electron chi connectivity index (χ3n) is 3.05. The Balaban J connectivity index is 2.11. The molecule has 0 aliphatic rings. The van der Waals surface area contributed by atoms with Crippen molar-refractivity contribution in [3.05, 3.63) is 37.9 Å². The SMILES string of the molecule is CCNC(Cc1ccn(C(C)C)n1)c1csc(I)c1. The van der Waals surface area contributed by atoms with Gasteiger partial charge in [0.15, 0.2) is 0 Å². The first-order valence-corrected chi connectivity index (χ1v) is 8.57. The maximum atomic E-state index is 4.64. The molecule has 1 N–H and O–H groups in total. The van der Waals surface area contributed by atoms with Gasteiger partial charge in [-0.1, -0.05) is 6.92 Å². The average Bonchev–Trinajstić information content (AvgIpc) is 2.97. The number of rotatable bonds is 6. The lowest BCUT2D eigenvalue weighted by atomic mass is 10.1. The van der Waals surface area contributed by atoms with Crippen LogP contribution in [0.25, 0.3) is 0 Å². The van der Waals surface area contributed by atoms with Crippen molar-refractivity contribution in [2.45, 2.75) is 39.3 Å². The van der Waals surface area contributed by atoms with Crippen LogP contribution in [0, 0.1) is 2.88 Å². The molecule has 0 saturated carbocycles. The molecule has 0 spiro atoms. The van der Waals surface area contributed by atoms with E-state index in [4.69, 9.17) is 0 Å².